The fourth-order valence-electron chi connectivity index (χ4n) is 4.60. The van der Waals surface area contributed by atoms with Crippen LogP contribution in [-0.4, -0.2) is 58.7 Å². The zero-order valence-corrected chi connectivity index (χ0v) is 17.7. The van der Waals surface area contributed by atoms with E-state index in [-0.39, 0.29) is 30.2 Å². The molecule has 3 unspecified atom stereocenters. The van der Waals surface area contributed by atoms with Crippen molar-refractivity contribution >= 4 is 17.7 Å². The molecule has 3 heterocycles. The molecule has 7 nitrogen and oxygen atoms in total. The summed E-state index contributed by atoms with van der Waals surface area (Å²) in [7, 11) is 1.71. The van der Waals surface area contributed by atoms with Gasteiger partial charge in [-0.2, -0.15) is 0 Å². The predicted molar refractivity (Wildman–Crippen MR) is 116 cm³/mol. The van der Waals surface area contributed by atoms with Gasteiger partial charge < -0.3 is 15.1 Å². The lowest BCUT2D eigenvalue weighted by molar-refractivity contribution is -0.137. The van der Waals surface area contributed by atoms with Crippen molar-refractivity contribution in [2.24, 2.45) is 5.92 Å². The summed E-state index contributed by atoms with van der Waals surface area (Å²) < 4.78 is 0. The van der Waals surface area contributed by atoms with Crippen LogP contribution in [0.4, 0.5) is 0 Å². The Bertz CT molecular complexity index is 928. The average Bonchev–Trinajstić information content (AvgIpc) is 3.43. The number of likely N-dealkylation sites (tertiary alicyclic amines) is 2. The molecule has 0 bridgehead atoms. The molecule has 2 fully saturated rings. The first-order chi connectivity index (χ1) is 15.0. The van der Waals surface area contributed by atoms with Gasteiger partial charge in [0, 0.05) is 45.4 Å². The molecular formula is C24H28N4O3. The first-order valence-electron chi connectivity index (χ1n) is 10.8. The summed E-state index contributed by atoms with van der Waals surface area (Å²) in [5.41, 5.74) is 1.81. The Labute approximate surface area is 182 Å². The number of carbonyl (C=O) groups is 3. The Hall–Kier alpha value is -3.22. The maximum atomic E-state index is 13.4. The normalized spacial score (nSPS) is 21.9. The van der Waals surface area contributed by atoms with Crippen LogP contribution >= 0.6 is 0 Å². The van der Waals surface area contributed by atoms with Gasteiger partial charge in [-0.15, -0.1) is 0 Å². The molecule has 3 amide bonds. The Morgan fingerprint density at radius 2 is 1.87 bits per heavy atom. The van der Waals surface area contributed by atoms with Crippen molar-refractivity contribution in [1.29, 1.82) is 0 Å². The van der Waals surface area contributed by atoms with Crippen LogP contribution in [0, 0.1) is 5.92 Å². The highest BCUT2D eigenvalue weighted by molar-refractivity contribution is 5.93. The van der Waals surface area contributed by atoms with Gasteiger partial charge in [-0.1, -0.05) is 36.4 Å². The minimum absolute atomic E-state index is 0.0506. The van der Waals surface area contributed by atoms with Gasteiger partial charge >= 0.3 is 0 Å². The molecule has 7 heteroatoms. The summed E-state index contributed by atoms with van der Waals surface area (Å²) in [4.78, 5) is 46.6. The lowest BCUT2D eigenvalue weighted by Crippen LogP contribution is -2.50. The van der Waals surface area contributed by atoms with Crippen molar-refractivity contribution in [3.05, 3.63) is 66.0 Å². The zero-order chi connectivity index (χ0) is 21.8. The summed E-state index contributed by atoms with van der Waals surface area (Å²) in [6.45, 7) is 1.45. The molecule has 162 valence electrons. The minimum Gasteiger partial charge on any atom is -0.344 e. The van der Waals surface area contributed by atoms with Crippen molar-refractivity contribution in [3.8, 4) is 0 Å². The van der Waals surface area contributed by atoms with E-state index in [2.05, 4.69) is 10.3 Å². The van der Waals surface area contributed by atoms with Gasteiger partial charge in [-0.05, 0) is 30.0 Å². The van der Waals surface area contributed by atoms with E-state index in [1.165, 1.54) is 0 Å². The van der Waals surface area contributed by atoms with Crippen molar-refractivity contribution in [1.82, 2.24) is 20.1 Å². The third-order valence-corrected chi connectivity index (χ3v) is 6.26. The van der Waals surface area contributed by atoms with Crippen LogP contribution in [0.1, 0.15) is 36.4 Å². The van der Waals surface area contributed by atoms with E-state index in [4.69, 9.17) is 0 Å². The lowest BCUT2D eigenvalue weighted by Gasteiger charge is -2.28. The Kier molecular flexibility index (Phi) is 6.30. The van der Waals surface area contributed by atoms with Gasteiger partial charge in [-0.25, -0.2) is 0 Å². The number of benzene rings is 1. The van der Waals surface area contributed by atoms with E-state index in [0.29, 0.717) is 6.42 Å². The summed E-state index contributed by atoms with van der Waals surface area (Å²) in [6, 6.07) is 12.3. The number of nitrogens with one attached hydrogen (secondary N) is 1. The average molecular weight is 421 g/mol. The number of pyridine rings is 1. The summed E-state index contributed by atoms with van der Waals surface area (Å²) in [5.74, 6) is -0.962. The molecule has 1 aromatic heterocycles. The van der Waals surface area contributed by atoms with Gasteiger partial charge in [0.25, 0.3) is 0 Å². The van der Waals surface area contributed by atoms with Crippen molar-refractivity contribution in [2.45, 2.75) is 37.8 Å². The van der Waals surface area contributed by atoms with Crippen molar-refractivity contribution in [2.75, 3.05) is 20.1 Å². The molecule has 2 aromatic rings. The quantitative estimate of drug-likeness (QED) is 0.774. The van der Waals surface area contributed by atoms with Gasteiger partial charge in [-0.3, -0.25) is 19.4 Å². The number of hydrogen-bond acceptors (Lipinski definition) is 4. The fourth-order valence-corrected chi connectivity index (χ4v) is 4.60. The molecule has 0 radical (unpaired) electrons. The minimum atomic E-state index is -0.649. The number of rotatable bonds is 6. The smallest absolute Gasteiger partial charge is 0.245 e. The van der Waals surface area contributed by atoms with E-state index in [1.54, 1.807) is 30.4 Å². The second-order valence-corrected chi connectivity index (χ2v) is 8.33. The largest absolute Gasteiger partial charge is 0.344 e. The van der Waals surface area contributed by atoms with Crippen LogP contribution in [0.2, 0.25) is 0 Å². The van der Waals surface area contributed by atoms with Gasteiger partial charge in [0.2, 0.25) is 17.7 Å². The molecule has 2 saturated heterocycles. The van der Waals surface area contributed by atoms with Crippen LogP contribution in [-0.2, 0) is 20.8 Å². The molecule has 2 aliphatic heterocycles. The molecule has 31 heavy (non-hydrogen) atoms. The molecule has 4 rings (SSSR count). The third kappa shape index (κ3) is 4.60. The summed E-state index contributed by atoms with van der Waals surface area (Å²) in [6.07, 6.45) is 5.89. The van der Waals surface area contributed by atoms with E-state index in [9.17, 15) is 14.4 Å². The standard InChI is InChI=1S/C24H28N4O3/c1-27-21(29)15-19(22(27)18-10-7-11-25-16-18)23(30)26-20(14-17-8-3-2-4-9-17)24(31)28-12-5-6-13-28/h2-4,7-11,16,19-20,22H,5-6,12-15H2,1H3,(H,26,30). The van der Waals surface area contributed by atoms with Gasteiger partial charge in [0.15, 0.2) is 0 Å². The maximum Gasteiger partial charge on any atom is 0.245 e. The van der Waals surface area contributed by atoms with Crippen molar-refractivity contribution in [3.63, 3.8) is 0 Å². The SMILES string of the molecule is CN1C(=O)CC(C(=O)NC(Cc2ccccc2)C(=O)N2CCCC2)C1c1cccnc1. The lowest BCUT2D eigenvalue weighted by atomic mass is 9.93. The molecule has 1 N–H and O–H groups in total. The topological polar surface area (TPSA) is 82.6 Å². The Morgan fingerprint density at radius 3 is 2.55 bits per heavy atom. The van der Waals surface area contributed by atoms with Crippen LogP contribution in [0.25, 0.3) is 0 Å². The summed E-state index contributed by atoms with van der Waals surface area (Å²) in [5, 5.41) is 3.00. The second-order valence-electron chi connectivity index (χ2n) is 8.33. The number of hydrogen-bond donors (Lipinski definition) is 1. The second kappa shape index (κ2) is 9.29. The van der Waals surface area contributed by atoms with Crippen LogP contribution in [0.15, 0.2) is 54.9 Å². The van der Waals surface area contributed by atoms with Gasteiger partial charge in [0.1, 0.15) is 6.04 Å². The monoisotopic (exact) mass is 420 g/mol. The summed E-state index contributed by atoms with van der Waals surface area (Å²) >= 11 is 0. The Morgan fingerprint density at radius 1 is 1.13 bits per heavy atom. The van der Waals surface area contributed by atoms with E-state index in [0.717, 1.165) is 37.1 Å². The van der Waals surface area contributed by atoms with Crippen LogP contribution in [0.3, 0.4) is 0 Å². The first-order valence-corrected chi connectivity index (χ1v) is 10.8. The van der Waals surface area contributed by atoms with E-state index < -0.39 is 12.0 Å². The molecular weight excluding hydrogens is 392 g/mol. The highest BCUT2D eigenvalue weighted by atomic mass is 16.2. The zero-order valence-electron chi connectivity index (χ0n) is 17.7. The highest BCUT2D eigenvalue weighted by Gasteiger charge is 2.44. The first kappa shape index (κ1) is 21.0. The Balaban J connectivity index is 1.55. The van der Waals surface area contributed by atoms with E-state index >= 15 is 0 Å². The molecule has 1 aromatic carbocycles. The molecule has 3 atom stereocenters. The van der Waals surface area contributed by atoms with Crippen molar-refractivity contribution < 1.29 is 14.4 Å². The predicted octanol–water partition coefficient (Wildman–Crippen LogP) is 1.95. The number of aromatic nitrogens is 1. The van der Waals surface area contributed by atoms with E-state index in [1.807, 2.05) is 41.3 Å². The van der Waals surface area contributed by atoms with Crippen LogP contribution in [0.5, 0.6) is 0 Å². The highest BCUT2D eigenvalue weighted by Crippen LogP contribution is 2.36. The maximum absolute atomic E-state index is 13.4. The fraction of sp³-hybridized carbons (Fsp3) is 0.417. The van der Waals surface area contributed by atoms with Crippen LogP contribution < -0.4 is 5.32 Å². The molecule has 0 aliphatic carbocycles. The number of amides is 3. The molecule has 2 aliphatic rings. The molecule has 0 saturated carbocycles. The third-order valence-electron chi connectivity index (χ3n) is 6.26. The number of carbonyl (C=O) groups excluding carboxylic acids is 3. The number of nitrogens with zero attached hydrogens (tertiary/aromatic N) is 3. The van der Waals surface area contributed by atoms with Gasteiger partial charge in [0.05, 0.1) is 12.0 Å². The molecule has 0 spiro atoms.